The van der Waals surface area contributed by atoms with E-state index in [2.05, 4.69) is 10.6 Å². The zero-order valence-electron chi connectivity index (χ0n) is 21.4. The number of anilines is 1. The maximum atomic E-state index is 14.1. The van der Waals surface area contributed by atoms with Gasteiger partial charge in [0, 0.05) is 6.42 Å². The molecule has 0 unspecified atom stereocenters. The summed E-state index contributed by atoms with van der Waals surface area (Å²) < 4.78 is 29.7. The summed E-state index contributed by atoms with van der Waals surface area (Å²) in [5.41, 5.74) is 2.23. The third-order valence-electron chi connectivity index (χ3n) is 5.72. The van der Waals surface area contributed by atoms with Crippen molar-refractivity contribution in [2.24, 2.45) is 0 Å². The molecule has 0 aromatic heterocycles. The molecule has 0 aliphatic rings. The van der Waals surface area contributed by atoms with Crippen molar-refractivity contribution in [1.82, 2.24) is 5.32 Å². The molecule has 2 amide bonds. The Labute approximate surface area is 230 Å². The quantitative estimate of drug-likeness (QED) is 0.188. The number of carbonyl (C=O) groups is 3. The zero-order chi connectivity index (χ0) is 28.2. The second-order valence-corrected chi connectivity index (χ2v) is 8.70. The van der Waals surface area contributed by atoms with Crippen LogP contribution in [-0.2, 0) is 33.9 Å². The molecule has 0 heterocycles. The average Bonchev–Trinajstić information content (AvgIpc) is 2.98. The monoisotopic (exact) mass is 542 g/mol. The fourth-order valence-corrected chi connectivity index (χ4v) is 3.67. The molecule has 0 radical (unpaired) electrons. The Morgan fingerprint density at radius 1 is 0.675 bits per heavy atom. The SMILES string of the molecule is O=C(N[C@@H](Cc1ccc(OC(=O)OCc2ccccc2)cc1)C(=O)Nc1ccccc1F)OCc1ccccc1. The van der Waals surface area contributed by atoms with Crippen molar-refractivity contribution in [2.75, 3.05) is 5.32 Å². The molecule has 0 saturated heterocycles. The minimum atomic E-state index is -1.09. The molecule has 9 heteroatoms. The first-order chi connectivity index (χ1) is 19.5. The fraction of sp³-hybridized carbons (Fsp3) is 0.129. The first kappa shape index (κ1) is 27.8. The van der Waals surface area contributed by atoms with Crippen molar-refractivity contribution in [1.29, 1.82) is 0 Å². The van der Waals surface area contributed by atoms with Gasteiger partial charge in [0.1, 0.15) is 30.8 Å². The predicted octanol–water partition coefficient (Wildman–Crippen LogP) is 6.02. The molecular weight excluding hydrogens is 515 g/mol. The fourth-order valence-electron chi connectivity index (χ4n) is 3.67. The number of alkyl carbamates (subject to hydrolysis) is 1. The Hall–Kier alpha value is -5.18. The minimum absolute atomic E-state index is 0.0146. The average molecular weight is 543 g/mol. The summed E-state index contributed by atoms with van der Waals surface area (Å²) in [5, 5.41) is 5.06. The van der Waals surface area contributed by atoms with Gasteiger partial charge in [-0.1, -0.05) is 84.9 Å². The summed E-state index contributed by atoms with van der Waals surface area (Å²) >= 11 is 0. The first-order valence-electron chi connectivity index (χ1n) is 12.5. The van der Waals surface area contributed by atoms with Gasteiger partial charge in [-0.2, -0.15) is 0 Å². The lowest BCUT2D eigenvalue weighted by Crippen LogP contribution is -2.45. The Bertz CT molecular complexity index is 1410. The number of nitrogens with one attached hydrogen (secondary N) is 2. The van der Waals surface area contributed by atoms with Gasteiger partial charge < -0.3 is 24.8 Å². The normalized spacial score (nSPS) is 11.1. The van der Waals surface area contributed by atoms with Gasteiger partial charge in [-0.15, -0.1) is 0 Å². The summed E-state index contributed by atoms with van der Waals surface area (Å²) in [6.07, 6.45) is -1.61. The van der Waals surface area contributed by atoms with Crippen molar-refractivity contribution >= 4 is 23.8 Å². The van der Waals surface area contributed by atoms with Gasteiger partial charge in [0.2, 0.25) is 5.91 Å². The first-order valence-corrected chi connectivity index (χ1v) is 12.5. The van der Waals surface area contributed by atoms with Crippen LogP contribution in [0, 0.1) is 5.82 Å². The number of para-hydroxylation sites is 1. The summed E-state index contributed by atoms with van der Waals surface area (Å²) in [6.45, 7) is 0.0866. The van der Waals surface area contributed by atoms with Crippen LogP contribution in [-0.4, -0.2) is 24.2 Å². The maximum Gasteiger partial charge on any atom is 0.514 e. The smallest absolute Gasteiger partial charge is 0.445 e. The molecule has 204 valence electrons. The Kier molecular flexibility index (Phi) is 9.82. The maximum absolute atomic E-state index is 14.1. The molecule has 0 aliphatic carbocycles. The second kappa shape index (κ2) is 14.1. The van der Waals surface area contributed by atoms with Crippen LogP contribution in [0.4, 0.5) is 19.7 Å². The Morgan fingerprint density at radius 2 is 1.25 bits per heavy atom. The molecule has 0 bridgehead atoms. The highest BCUT2D eigenvalue weighted by atomic mass is 19.1. The number of rotatable bonds is 10. The summed E-state index contributed by atoms with van der Waals surface area (Å²) in [6, 6.07) is 29.3. The number of hydrogen-bond acceptors (Lipinski definition) is 6. The molecule has 4 aromatic carbocycles. The van der Waals surface area contributed by atoms with Gasteiger partial charge in [0.25, 0.3) is 0 Å². The predicted molar refractivity (Wildman–Crippen MR) is 146 cm³/mol. The summed E-state index contributed by atoms with van der Waals surface area (Å²) in [4.78, 5) is 37.6. The largest absolute Gasteiger partial charge is 0.514 e. The molecule has 0 spiro atoms. The van der Waals surface area contributed by atoms with Crippen molar-refractivity contribution in [3.8, 4) is 5.75 Å². The third-order valence-corrected chi connectivity index (χ3v) is 5.72. The molecule has 8 nitrogen and oxygen atoms in total. The molecule has 40 heavy (non-hydrogen) atoms. The van der Waals surface area contributed by atoms with E-state index < -0.39 is 30.0 Å². The van der Waals surface area contributed by atoms with E-state index in [1.165, 1.54) is 18.2 Å². The van der Waals surface area contributed by atoms with Gasteiger partial charge in [-0.25, -0.2) is 14.0 Å². The Balaban J connectivity index is 1.37. The molecule has 0 saturated carbocycles. The van der Waals surface area contributed by atoms with Crippen molar-refractivity contribution in [2.45, 2.75) is 25.7 Å². The molecule has 0 fully saturated rings. The van der Waals surface area contributed by atoms with E-state index in [1.807, 2.05) is 48.5 Å². The molecule has 0 aliphatic heterocycles. The van der Waals surface area contributed by atoms with Crippen LogP contribution in [0.2, 0.25) is 0 Å². The van der Waals surface area contributed by atoms with Crippen LogP contribution >= 0.6 is 0 Å². The van der Waals surface area contributed by atoms with Crippen LogP contribution in [0.15, 0.2) is 109 Å². The van der Waals surface area contributed by atoms with Gasteiger partial charge in [0.05, 0.1) is 5.69 Å². The summed E-state index contributed by atoms with van der Waals surface area (Å²) in [7, 11) is 0. The number of amides is 2. The molecule has 4 aromatic rings. The molecule has 2 N–H and O–H groups in total. The minimum Gasteiger partial charge on any atom is -0.445 e. The van der Waals surface area contributed by atoms with E-state index >= 15 is 0 Å². The van der Waals surface area contributed by atoms with Gasteiger partial charge >= 0.3 is 12.2 Å². The second-order valence-electron chi connectivity index (χ2n) is 8.70. The molecular formula is C31H27FN2O6. The van der Waals surface area contributed by atoms with E-state index in [-0.39, 0.29) is 31.1 Å². The van der Waals surface area contributed by atoms with E-state index in [0.717, 1.165) is 11.1 Å². The number of hydrogen-bond donors (Lipinski definition) is 2. The standard InChI is InChI=1S/C31H27FN2O6/c32-26-13-7-8-14-27(26)33-29(35)28(34-30(36)38-20-23-9-3-1-4-10-23)19-22-15-17-25(18-16-22)40-31(37)39-21-24-11-5-2-6-12-24/h1-18,28H,19-21H2,(H,33,35)(H,34,36)/t28-/m0/s1. The lowest BCUT2D eigenvalue weighted by atomic mass is 10.0. The third kappa shape index (κ3) is 8.70. The van der Waals surface area contributed by atoms with E-state index in [4.69, 9.17) is 14.2 Å². The highest BCUT2D eigenvalue weighted by Crippen LogP contribution is 2.17. The van der Waals surface area contributed by atoms with Crippen LogP contribution in [0.1, 0.15) is 16.7 Å². The van der Waals surface area contributed by atoms with Crippen LogP contribution in [0.25, 0.3) is 0 Å². The lowest BCUT2D eigenvalue weighted by molar-refractivity contribution is -0.118. The zero-order valence-corrected chi connectivity index (χ0v) is 21.4. The highest BCUT2D eigenvalue weighted by Gasteiger charge is 2.23. The topological polar surface area (TPSA) is 103 Å². The Morgan fingerprint density at radius 3 is 1.88 bits per heavy atom. The highest BCUT2D eigenvalue weighted by molar-refractivity contribution is 5.96. The number of benzene rings is 4. The van der Waals surface area contributed by atoms with E-state index in [1.54, 1.807) is 42.5 Å². The van der Waals surface area contributed by atoms with Gasteiger partial charge in [0.15, 0.2) is 0 Å². The summed E-state index contributed by atoms with van der Waals surface area (Å²) in [5.74, 6) is -1.00. The number of ether oxygens (including phenoxy) is 3. The van der Waals surface area contributed by atoms with Gasteiger partial charge in [-0.3, -0.25) is 4.79 Å². The lowest BCUT2D eigenvalue weighted by Gasteiger charge is -2.19. The van der Waals surface area contributed by atoms with Crippen molar-refractivity contribution in [3.05, 3.63) is 132 Å². The molecule has 1 atom stereocenters. The van der Waals surface area contributed by atoms with Gasteiger partial charge in [-0.05, 0) is 41.0 Å². The van der Waals surface area contributed by atoms with Crippen LogP contribution in [0.5, 0.6) is 5.75 Å². The molecule has 4 rings (SSSR count). The van der Waals surface area contributed by atoms with Crippen molar-refractivity contribution in [3.63, 3.8) is 0 Å². The number of halogens is 1. The van der Waals surface area contributed by atoms with Crippen LogP contribution < -0.4 is 15.4 Å². The van der Waals surface area contributed by atoms with E-state index in [0.29, 0.717) is 5.56 Å². The van der Waals surface area contributed by atoms with Crippen LogP contribution in [0.3, 0.4) is 0 Å². The van der Waals surface area contributed by atoms with E-state index in [9.17, 15) is 18.8 Å². The number of carbonyl (C=O) groups excluding carboxylic acids is 3. The van der Waals surface area contributed by atoms with Crippen molar-refractivity contribution < 1.29 is 33.0 Å².